The Morgan fingerprint density at radius 3 is 2.22 bits per heavy atom. The number of rotatable bonds is 8. The lowest BCUT2D eigenvalue weighted by Crippen LogP contribution is -2.52. The summed E-state index contributed by atoms with van der Waals surface area (Å²) in [6.45, 7) is -0.391. The van der Waals surface area contributed by atoms with E-state index in [4.69, 9.17) is 23.4 Å². The van der Waals surface area contributed by atoms with Crippen molar-refractivity contribution in [2.45, 2.75) is 29.8 Å². The number of carbonyl (C=O) groups excluding carboxylic acids is 1. The first-order valence-corrected chi connectivity index (χ1v) is 13.1. The summed E-state index contributed by atoms with van der Waals surface area (Å²) >= 11 is 0. The molecule has 1 saturated carbocycles. The zero-order valence-electron chi connectivity index (χ0n) is 22.7. The number of aliphatic hydroxyl groups is 3. The van der Waals surface area contributed by atoms with E-state index in [1.54, 1.807) is 43.5 Å². The Balaban J connectivity index is 1.67. The molecular formula is C32H30O9. The molecule has 1 fully saturated rings. The zero-order chi connectivity index (χ0) is 28.9. The van der Waals surface area contributed by atoms with Crippen LogP contribution in [0, 0.1) is 5.92 Å². The van der Waals surface area contributed by atoms with Gasteiger partial charge in [-0.05, 0) is 35.4 Å². The number of hydrogen-bond donors (Lipinski definition) is 3. The van der Waals surface area contributed by atoms with Crippen LogP contribution in [0.2, 0.25) is 0 Å². The number of ketones is 1. The molecule has 4 aromatic rings. The van der Waals surface area contributed by atoms with Crippen molar-refractivity contribution < 1.29 is 43.5 Å². The van der Waals surface area contributed by atoms with Gasteiger partial charge in [0, 0.05) is 18.1 Å². The second kappa shape index (κ2) is 9.95. The van der Waals surface area contributed by atoms with Crippen LogP contribution in [0.5, 0.6) is 23.0 Å². The van der Waals surface area contributed by atoms with E-state index in [2.05, 4.69) is 0 Å². The first-order chi connectivity index (χ1) is 19.8. The molecule has 0 radical (unpaired) electrons. The molecule has 0 amide bonds. The Bertz CT molecular complexity index is 1580. The molecule has 1 aliphatic heterocycles. The maximum absolute atomic E-state index is 14.2. The summed E-state index contributed by atoms with van der Waals surface area (Å²) in [5.74, 6) is -1.01. The fraction of sp³-hybridized carbons (Fsp3) is 0.281. The van der Waals surface area contributed by atoms with E-state index in [0.29, 0.717) is 22.6 Å². The lowest BCUT2D eigenvalue weighted by molar-refractivity contribution is -0.151. The highest BCUT2D eigenvalue weighted by Crippen LogP contribution is 2.70. The van der Waals surface area contributed by atoms with Crippen molar-refractivity contribution in [1.82, 2.24) is 0 Å². The minimum absolute atomic E-state index is 0.0468. The molecule has 3 N–H and O–H groups in total. The highest BCUT2D eigenvalue weighted by molar-refractivity contribution is 5.97. The summed E-state index contributed by atoms with van der Waals surface area (Å²) in [6, 6.07) is 22.3. The van der Waals surface area contributed by atoms with Crippen LogP contribution in [-0.4, -0.2) is 48.5 Å². The van der Waals surface area contributed by atoms with E-state index >= 15 is 0 Å². The van der Waals surface area contributed by atoms with Crippen molar-refractivity contribution in [2.75, 3.05) is 21.3 Å². The van der Waals surface area contributed by atoms with E-state index < -0.39 is 41.5 Å². The summed E-state index contributed by atoms with van der Waals surface area (Å²) in [5, 5.41) is 34.7. The molecule has 3 aromatic carbocycles. The fourth-order valence-electron chi connectivity index (χ4n) is 6.55. The van der Waals surface area contributed by atoms with E-state index in [9.17, 15) is 20.1 Å². The van der Waals surface area contributed by atoms with E-state index in [-0.39, 0.29) is 28.6 Å². The minimum Gasteiger partial charge on any atom is -0.497 e. The van der Waals surface area contributed by atoms with Crippen LogP contribution in [0.15, 0.2) is 83.3 Å². The Labute approximate surface area is 236 Å². The standard InChI is InChI=1S/C32H30O9/c1-37-20-11-9-19(10-12-20)32-27(18-7-5-4-6-8-18)26(29(34)23-14-13-21(17-33)40-23)30(35)31(32,36)28-24(39-3)15-22(38-2)16-25(28)41-32/h4-16,26-27,30,33,35-36H,17H2,1-3H3. The van der Waals surface area contributed by atoms with Gasteiger partial charge in [0.2, 0.25) is 5.78 Å². The SMILES string of the molecule is COc1ccc(C23Oc4cc(OC)cc(OC)c4C2(O)C(O)C(C(=O)c2ccc(CO)o2)C3c2ccccc2)cc1. The van der Waals surface area contributed by atoms with Crippen molar-refractivity contribution in [2.24, 2.45) is 5.92 Å². The molecule has 0 spiro atoms. The number of ether oxygens (including phenoxy) is 4. The fourth-order valence-corrected chi connectivity index (χ4v) is 6.55. The predicted octanol–water partition coefficient (Wildman–Crippen LogP) is 3.93. The van der Waals surface area contributed by atoms with Gasteiger partial charge in [0.15, 0.2) is 17.0 Å². The second-order valence-corrected chi connectivity index (χ2v) is 10.2. The largest absolute Gasteiger partial charge is 0.497 e. The molecule has 212 valence electrons. The van der Waals surface area contributed by atoms with Crippen LogP contribution in [-0.2, 0) is 17.8 Å². The van der Waals surface area contributed by atoms with Crippen LogP contribution >= 0.6 is 0 Å². The van der Waals surface area contributed by atoms with Crippen molar-refractivity contribution in [3.05, 3.63) is 107 Å². The van der Waals surface area contributed by atoms with Crippen molar-refractivity contribution in [3.8, 4) is 23.0 Å². The van der Waals surface area contributed by atoms with Crippen molar-refractivity contribution >= 4 is 5.78 Å². The zero-order valence-corrected chi connectivity index (χ0v) is 22.7. The van der Waals surface area contributed by atoms with Gasteiger partial charge >= 0.3 is 0 Å². The second-order valence-electron chi connectivity index (χ2n) is 10.2. The number of aliphatic hydroxyl groups excluding tert-OH is 2. The molecule has 0 saturated heterocycles. The quantitative estimate of drug-likeness (QED) is 0.276. The number of Topliss-reactive ketones (excluding diaryl/α,β-unsaturated/α-hetero) is 1. The lowest BCUT2D eigenvalue weighted by atomic mass is 9.70. The van der Waals surface area contributed by atoms with Gasteiger partial charge in [-0.1, -0.05) is 42.5 Å². The summed E-state index contributed by atoms with van der Waals surface area (Å²) in [4.78, 5) is 14.2. The van der Waals surface area contributed by atoms with Crippen LogP contribution in [0.25, 0.3) is 0 Å². The molecule has 6 rings (SSSR count). The van der Waals surface area contributed by atoms with Crippen LogP contribution < -0.4 is 18.9 Å². The molecule has 1 aromatic heterocycles. The number of methoxy groups -OCH3 is 3. The Morgan fingerprint density at radius 2 is 1.61 bits per heavy atom. The van der Waals surface area contributed by atoms with Gasteiger partial charge in [-0.15, -0.1) is 0 Å². The smallest absolute Gasteiger partial charge is 0.204 e. The summed E-state index contributed by atoms with van der Waals surface area (Å²) in [6.07, 6.45) is -1.67. The molecule has 2 heterocycles. The Morgan fingerprint density at radius 1 is 0.902 bits per heavy atom. The van der Waals surface area contributed by atoms with Gasteiger partial charge in [0.05, 0.1) is 32.8 Å². The Kier molecular flexibility index (Phi) is 6.53. The van der Waals surface area contributed by atoms with Gasteiger partial charge in [0.1, 0.15) is 41.5 Å². The summed E-state index contributed by atoms with van der Waals surface area (Å²) < 4.78 is 29.0. The van der Waals surface area contributed by atoms with E-state index in [1.807, 2.05) is 30.3 Å². The first-order valence-electron chi connectivity index (χ1n) is 13.1. The lowest BCUT2D eigenvalue weighted by Gasteiger charge is -2.40. The minimum atomic E-state index is -2.16. The maximum atomic E-state index is 14.2. The van der Waals surface area contributed by atoms with Gasteiger partial charge in [0.25, 0.3) is 0 Å². The van der Waals surface area contributed by atoms with Crippen molar-refractivity contribution in [3.63, 3.8) is 0 Å². The maximum Gasteiger partial charge on any atom is 0.204 e. The van der Waals surface area contributed by atoms with Gasteiger partial charge in [-0.25, -0.2) is 0 Å². The molecule has 5 atom stereocenters. The number of benzene rings is 3. The highest BCUT2D eigenvalue weighted by atomic mass is 16.5. The average molecular weight is 559 g/mol. The van der Waals surface area contributed by atoms with Crippen LogP contribution in [0.4, 0.5) is 0 Å². The number of furan rings is 1. The molecule has 9 nitrogen and oxygen atoms in total. The normalized spacial score (nSPS) is 26.1. The topological polar surface area (TPSA) is 128 Å². The molecular weight excluding hydrogens is 528 g/mol. The number of fused-ring (bicyclic) bond motifs is 3. The summed E-state index contributed by atoms with van der Waals surface area (Å²) in [5.41, 5.74) is -2.49. The third-order valence-electron chi connectivity index (χ3n) is 8.32. The number of carbonyl (C=O) groups is 1. The monoisotopic (exact) mass is 558 g/mol. The van der Waals surface area contributed by atoms with E-state index in [0.717, 1.165) is 0 Å². The number of hydrogen-bond acceptors (Lipinski definition) is 9. The van der Waals surface area contributed by atoms with Gasteiger partial charge < -0.3 is 38.7 Å². The Hall–Kier alpha value is -4.31. The molecule has 5 unspecified atom stereocenters. The third kappa shape index (κ3) is 3.70. The predicted molar refractivity (Wildman–Crippen MR) is 146 cm³/mol. The third-order valence-corrected chi connectivity index (χ3v) is 8.32. The first kappa shape index (κ1) is 26.9. The molecule has 2 aliphatic rings. The van der Waals surface area contributed by atoms with Gasteiger partial charge in [-0.3, -0.25) is 4.79 Å². The molecule has 1 aliphatic carbocycles. The molecule has 41 heavy (non-hydrogen) atoms. The highest BCUT2D eigenvalue weighted by Gasteiger charge is 2.78. The van der Waals surface area contributed by atoms with Crippen LogP contribution in [0.1, 0.15) is 38.9 Å². The average Bonchev–Trinajstić information content (AvgIpc) is 3.66. The van der Waals surface area contributed by atoms with E-state index in [1.165, 1.54) is 26.4 Å². The summed E-state index contributed by atoms with van der Waals surface area (Å²) in [7, 11) is 4.50. The molecule has 9 heteroatoms. The van der Waals surface area contributed by atoms with Crippen molar-refractivity contribution in [1.29, 1.82) is 0 Å². The molecule has 0 bridgehead atoms. The van der Waals surface area contributed by atoms with Crippen LogP contribution in [0.3, 0.4) is 0 Å². The van der Waals surface area contributed by atoms with Gasteiger partial charge in [-0.2, -0.15) is 0 Å².